The highest BCUT2D eigenvalue weighted by Gasteiger charge is 2.25. The van der Waals surface area contributed by atoms with Crippen LogP contribution in [0.4, 0.5) is 5.82 Å². The van der Waals surface area contributed by atoms with Crippen molar-refractivity contribution in [2.75, 3.05) is 32.6 Å². The number of benzene rings is 2. The second-order valence-electron chi connectivity index (χ2n) is 8.19. The van der Waals surface area contributed by atoms with Gasteiger partial charge in [0.2, 0.25) is 0 Å². The first-order valence-electron chi connectivity index (χ1n) is 11.1. The minimum atomic E-state index is -0.683. The molecule has 1 atom stereocenters. The number of amides is 1. The van der Waals surface area contributed by atoms with Crippen molar-refractivity contribution in [2.24, 2.45) is 0 Å². The van der Waals surface area contributed by atoms with Crippen molar-refractivity contribution >= 4 is 11.7 Å². The van der Waals surface area contributed by atoms with Crippen LogP contribution in [0, 0.1) is 0 Å². The standard InChI is InChI=1S/C25H30N4O4/c1-32-22-9-8-18(16-21(22)30)17-28-14-11-20(12-15-28)29-23(10-13-26-29)27-25(31)24(33-2)19-6-4-3-5-7-19/h3-10,13,16,20,24,30H,11-12,14-15,17H2,1-2H3,(H,27,31)/t24-/m1/s1. The highest BCUT2D eigenvalue weighted by atomic mass is 16.5. The molecule has 2 aromatic carbocycles. The number of hydrogen-bond donors (Lipinski definition) is 2. The van der Waals surface area contributed by atoms with Gasteiger partial charge in [-0.15, -0.1) is 0 Å². The Hall–Kier alpha value is -3.36. The van der Waals surface area contributed by atoms with E-state index in [-0.39, 0.29) is 17.7 Å². The lowest BCUT2D eigenvalue weighted by Gasteiger charge is -2.32. The summed E-state index contributed by atoms with van der Waals surface area (Å²) in [4.78, 5) is 15.2. The number of piperidine rings is 1. The topological polar surface area (TPSA) is 88.9 Å². The number of carbonyl (C=O) groups excluding carboxylic acids is 1. The zero-order valence-corrected chi connectivity index (χ0v) is 19.0. The first-order valence-corrected chi connectivity index (χ1v) is 11.1. The number of aromatic hydroxyl groups is 1. The van der Waals surface area contributed by atoms with E-state index in [9.17, 15) is 9.90 Å². The molecule has 8 heteroatoms. The lowest BCUT2D eigenvalue weighted by Crippen LogP contribution is -2.35. The monoisotopic (exact) mass is 450 g/mol. The van der Waals surface area contributed by atoms with Crippen molar-refractivity contribution in [2.45, 2.75) is 31.5 Å². The molecule has 0 bridgehead atoms. The Labute approximate surface area is 193 Å². The Bertz CT molecular complexity index is 1060. The van der Waals surface area contributed by atoms with Crippen LogP contribution >= 0.6 is 0 Å². The van der Waals surface area contributed by atoms with E-state index in [1.165, 1.54) is 7.11 Å². The molecule has 2 heterocycles. The molecular formula is C25H30N4O4. The summed E-state index contributed by atoms with van der Waals surface area (Å²) in [6.45, 7) is 2.56. The van der Waals surface area contributed by atoms with Gasteiger partial charge in [-0.3, -0.25) is 9.69 Å². The summed E-state index contributed by atoms with van der Waals surface area (Å²) in [7, 11) is 3.08. The van der Waals surface area contributed by atoms with E-state index in [0.29, 0.717) is 11.6 Å². The van der Waals surface area contributed by atoms with Crippen LogP contribution in [0.3, 0.4) is 0 Å². The zero-order valence-electron chi connectivity index (χ0n) is 19.0. The first kappa shape index (κ1) is 22.8. The van der Waals surface area contributed by atoms with Crippen LogP contribution in [0.1, 0.15) is 36.1 Å². The molecule has 0 aliphatic carbocycles. The Morgan fingerprint density at radius 3 is 2.58 bits per heavy atom. The highest BCUT2D eigenvalue weighted by molar-refractivity contribution is 5.94. The van der Waals surface area contributed by atoms with Gasteiger partial charge in [-0.25, -0.2) is 4.68 Å². The first-order chi connectivity index (χ1) is 16.1. The fourth-order valence-corrected chi connectivity index (χ4v) is 4.33. The summed E-state index contributed by atoms with van der Waals surface area (Å²) < 4.78 is 12.5. The van der Waals surface area contributed by atoms with Gasteiger partial charge in [-0.1, -0.05) is 36.4 Å². The molecule has 3 aromatic rings. The van der Waals surface area contributed by atoms with Crippen LogP contribution in [0.25, 0.3) is 0 Å². The smallest absolute Gasteiger partial charge is 0.259 e. The fourth-order valence-electron chi connectivity index (χ4n) is 4.33. The lowest BCUT2D eigenvalue weighted by atomic mass is 10.0. The number of phenols is 1. The van der Waals surface area contributed by atoms with Crippen LogP contribution < -0.4 is 10.1 Å². The van der Waals surface area contributed by atoms with E-state index >= 15 is 0 Å². The predicted molar refractivity (Wildman–Crippen MR) is 125 cm³/mol. The van der Waals surface area contributed by atoms with Gasteiger partial charge in [0.25, 0.3) is 5.91 Å². The normalized spacial score (nSPS) is 15.8. The maximum Gasteiger partial charge on any atom is 0.259 e. The van der Waals surface area contributed by atoms with Crippen LogP contribution in [0.2, 0.25) is 0 Å². The van der Waals surface area contributed by atoms with Gasteiger partial charge >= 0.3 is 0 Å². The third kappa shape index (κ3) is 5.35. The van der Waals surface area contributed by atoms with Gasteiger partial charge in [0.1, 0.15) is 5.82 Å². The molecule has 4 rings (SSSR count). The SMILES string of the molecule is COc1ccc(CN2CCC(n3nccc3NC(=O)[C@H](OC)c3ccccc3)CC2)cc1O. The molecule has 1 amide bonds. The molecule has 1 saturated heterocycles. The number of ether oxygens (including phenoxy) is 2. The molecule has 1 fully saturated rings. The van der Waals surface area contributed by atoms with E-state index in [2.05, 4.69) is 15.3 Å². The summed E-state index contributed by atoms with van der Waals surface area (Å²) in [5.74, 6) is 1.10. The van der Waals surface area contributed by atoms with Gasteiger partial charge in [0.05, 0.1) is 19.3 Å². The number of anilines is 1. The Morgan fingerprint density at radius 1 is 1.15 bits per heavy atom. The molecule has 8 nitrogen and oxygen atoms in total. The van der Waals surface area contributed by atoms with E-state index in [1.54, 1.807) is 25.4 Å². The number of likely N-dealkylation sites (tertiary alicyclic amines) is 1. The third-order valence-corrected chi connectivity index (χ3v) is 6.05. The largest absolute Gasteiger partial charge is 0.504 e. The number of nitrogens with one attached hydrogen (secondary N) is 1. The van der Waals surface area contributed by atoms with Gasteiger partial charge in [-0.05, 0) is 36.1 Å². The Kier molecular flexibility index (Phi) is 7.26. The zero-order chi connectivity index (χ0) is 23.2. The molecule has 1 aromatic heterocycles. The molecule has 174 valence electrons. The number of rotatable bonds is 8. The molecule has 0 radical (unpaired) electrons. The number of aromatic nitrogens is 2. The predicted octanol–water partition coefficient (Wildman–Crippen LogP) is 3.76. The quantitative estimate of drug-likeness (QED) is 0.543. The van der Waals surface area contributed by atoms with Crippen molar-refractivity contribution in [1.29, 1.82) is 0 Å². The minimum Gasteiger partial charge on any atom is -0.504 e. The van der Waals surface area contributed by atoms with Crippen molar-refractivity contribution in [3.05, 3.63) is 71.9 Å². The number of nitrogens with zero attached hydrogens (tertiary/aromatic N) is 3. The Balaban J connectivity index is 1.36. The minimum absolute atomic E-state index is 0.159. The van der Waals surface area contributed by atoms with Crippen molar-refractivity contribution < 1.29 is 19.4 Å². The molecular weight excluding hydrogens is 420 g/mol. The van der Waals surface area contributed by atoms with E-state index in [1.807, 2.05) is 47.1 Å². The van der Waals surface area contributed by atoms with Gasteiger partial charge in [-0.2, -0.15) is 5.10 Å². The number of methoxy groups -OCH3 is 2. The molecule has 0 unspecified atom stereocenters. The van der Waals surface area contributed by atoms with Crippen molar-refractivity contribution in [1.82, 2.24) is 14.7 Å². The summed E-state index contributed by atoms with van der Waals surface area (Å²) in [5.41, 5.74) is 1.85. The molecule has 33 heavy (non-hydrogen) atoms. The van der Waals surface area contributed by atoms with Crippen LogP contribution in [-0.2, 0) is 16.1 Å². The van der Waals surface area contributed by atoms with E-state index in [0.717, 1.165) is 43.6 Å². The lowest BCUT2D eigenvalue weighted by molar-refractivity contribution is -0.126. The second-order valence-corrected chi connectivity index (χ2v) is 8.19. The summed E-state index contributed by atoms with van der Waals surface area (Å²) in [6.07, 6.45) is 2.86. The average Bonchev–Trinajstić information content (AvgIpc) is 3.29. The molecule has 1 aliphatic rings. The Morgan fingerprint density at radius 2 is 1.91 bits per heavy atom. The van der Waals surface area contributed by atoms with Gasteiger partial charge < -0.3 is 19.9 Å². The fraction of sp³-hybridized carbons (Fsp3) is 0.360. The number of phenolic OH excluding ortho intramolecular Hbond substituents is 1. The van der Waals surface area contributed by atoms with Crippen LogP contribution in [0.5, 0.6) is 11.5 Å². The van der Waals surface area contributed by atoms with Gasteiger partial charge in [0.15, 0.2) is 17.6 Å². The maximum absolute atomic E-state index is 12.9. The van der Waals surface area contributed by atoms with Gasteiger partial charge in [0, 0.05) is 32.8 Å². The number of hydrogen-bond acceptors (Lipinski definition) is 6. The highest BCUT2D eigenvalue weighted by Crippen LogP contribution is 2.30. The molecule has 2 N–H and O–H groups in total. The summed E-state index contributed by atoms with van der Waals surface area (Å²) >= 11 is 0. The summed E-state index contributed by atoms with van der Waals surface area (Å²) in [6, 6.07) is 17.0. The molecule has 0 saturated carbocycles. The molecule has 1 aliphatic heterocycles. The number of carbonyl (C=O) groups is 1. The van der Waals surface area contributed by atoms with E-state index < -0.39 is 6.10 Å². The van der Waals surface area contributed by atoms with Crippen molar-refractivity contribution in [3.8, 4) is 11.5 Å². The maximum atomic E-state index is 12.9. The molecule has 0 spiro atoms. The average molecular weight is 451 g/mol. The van der Waals surface area contributed by atoms with Crippen molar-refractivity contribution in [3.63, 3.8) is 0 Å². The van der Waals surface area contributed by atoms with E-state index in [4.69, 9.17) is 9.47 Å². The second kappa shape index (κ2) is 10.5. The van der Waals surface area contributed by atoms with Crippen LogP contribution in [0.15, 0.2) is 60.8 Å². The van der Waals surface area contributed by atoms with Crippen LogP contribution in [-0.4, -0.2) is 53.0 Å². The third-order valence-electron chi connectivity index (χ3n) is 6.05. The summed E-state index contributed by atoms with van der Waals surface area (Å²) in [5, 5.41) is 17.5.